The minimum Gasteiger partial charge on any atom is -0.606 e. The van der Waals surface area contributed by atoms with E-state index in [1.54, 1.807) is 0 Å². The molecule has 0 rings (SSSR count). The SMILES string of the molecule is CCCCCCCCCCO[C@@H](COCCCCCCCCCCCCCCCCCCCCOC[C@@H](CO[P+]([O-])(O)OCC[N+](C)(C)C)OCCCCCCCCCC)CO[P+]([O-])(O)OCC[N+](C)(C)C. The van der Waals surface area contributed by atoms with Crippen LogP contribution in [-0.4, -0.2) is 152 Å². The summed E-state index contributed by atoms with van der Waals surface area (Å²) in [5, 5.41) is 0. The molecule has 0 fully saturated rings. The Morgan fingerprint density at radius 3 is 0.806 bits per heavy atom. The van der Waals surface area contributed by atoms with Gasteiger partial charge in [-0.1, -0.05) is 206 Å². The molecule has 72 heavy (non-hydrogen) atoms. The number of likely N-dealkylation sites (N-methyl/N-ethyl adjacent to an activating group) is 2. The zero-order valence-corrected chi connectivity index (χ0v) is 50.2. The van der Waals surface area contributed by atoms with Gasteiger partial charge in [-0.25, -0.2) is 0 Å². The summed E-state index contributed by atoms with van der Waals surface area (Å²) < 4.78 is 46.5. The van der Waals surface area contributed by atoms with Gasteiger partial charge in [0.15, 0.2) is 0 Å². The monoisotopic (exact) mass is 1070 g/mol. The van der Waals surface area contributed by atoms with E-state index in [1.807, 2.05) is 42.3 Å². The summed E-state index contributed by atoms with van der Waals surface area (Å²) in [6.45, 7) is 9.14. The Morgan fingerprint density at radius 2 is 0.556 bits per heavy atom. The molecular weight excluding hydrogens is 955 g/mol. The lowest BCUT2D eigenvalue weighted by Gasteiger charge is -2.26. The highest BCUT2D eigenvalue weighted by atomic mass is 31.2. The molecule has 0 amide bonds. The van der Waals surface area contributed by atoms with Crippen molar-refractivity contribution < 1.29 is 65.6 Å². The maximum atomic E-state index is 12.5. The van der Waals surface area contributed by atoms with Crippen LogP contribution in [0.4, 0.5) is 0 Å². The molecule has 0 radical (unpaired) electrons. The molecule has 0 aliphatic heterocycles. The van der Waals surface area contributed by atoms with Crippen LogP contribution in [0, 0.1) is 0 Å². The van der Waals surface area contributed by atoms with Crippen LogP contribution in [0.3, 0.4) is 0 Å². The molecule has 0 aromatic carbocycles. The van der Waals surface area contributed by atoms with Crippen LogP contribution in [-0.2, 0) is 37.0 Å². The Labute approximate surface area is 446 Å². The predicted molar refractivity (Wildman–Crippen MR) is 297 cm³/mol. The van der Waals surface area contributed by atoms with Crippen LogP contribution in [0.1, 0.15) is 232 Å². The lowest BCUT2D eigenvalue weighted by atomic mass is 10.0. The second kappa shape index (κ2) is 49.6. The highest BCUT2D eigenvalue weighted by Crippen LogP contribution is 2.48. The number of quaternary nitrogens is 2. The second-order valence-electron chi connectivity index (χ2n) is 22.7. The smallest absolute Gasteiger partial charge is 0.377 e. The summed E-state index contributed by atoms with van der Waals surface area (Å²) in [7, 11) is 3.74. The maximum Gasteiger partial charge on any atom is 0.377 e. The van der Waals surface area contributed by atoms with Gasteiger partial charge >= 0.3 is 16.3 Å². The van der Waals surface area contributed by atoms with Crippen molar-refractivity contribution in [1.82, 2.24) is 0 Å². The first-order chi connectivity index (χ1) is 34.5. The van der Waals surface area contributed by atoms with Gasteiger partial charge < -0.3 is 37.7 Å². The number of nitrogens with zero attached hydrogens (tertiary/aromatic N) is 2. The van der Waals surface area contributed by atoms with Crippen molar-refractivity contribution in [2.45, 2.75) is 244 Å². The molecule has 0 saturated heterocycles. The van der Waals surface area contributed by atoms with Gasteiger partial charge in [0.1, 0.15) is 51.7 Å². The van der Waals surface area contributed by atoms with Crippen molar-refractivity contribution >= 4 is 16.3 Å². The Balaban J connectivity index is 4.01. The van der Waals surface area contributed by atoms with Crippen molar-refractivity contribution in [2.24, 2.45) is 0 Å². The number of phosphoric ester groups is 2. The van der Waals surface area contributed by atoms with E-state index >= 15 is 0 Å². The molecule has 0 aromatic heterocycles. The molecule has 2 N–H and O–H groups in total. The number of unbranched alkanes of at least 4 members (excludes halogenated alkanes) is 31. The minimum absolute atomic E-state index is 0.0260. The minimum atomic E-state index is -4.16. The van der Waals surface area contributed by atoms with Crippen LogP contribution >= 0.6 is 16.3 Å². The van der Waals surface area contributed by atoms with E-state index in [0.29, 0.717) is 61.7 Å². The Bertz CT molecular complexity index is 1030. The van der Waals surface area contributed by atoms with E-state index in [1.165, 1.54) is 167 Å². The van der Waals surface area contributed by atoms with Gasteiger partial charge in [0.05, 0.1) is 55.5 Å². The number of phosphoric acid groups is 2. The summed E-state index contributed by atoms with van der Waals surface area (Å²) in [4.78, 5) is 45.4. The van der Waals surface area contributed by atoms with Crippen molar-refractivity contribution in [2.75, 3.05) is 121 Å². The second-order valence-corrected chi connectivity index (χ2v) is 25.6. The predicted octanol–water partition coefficient (Wildman–Crippen LogP) is 12.6. The summed E-state index contributed by atoms with van der Waals surface area (Å²) >= 11 is 0. The normalized spacial score (nSPS) is 15.0. The Morgan fingerprint density at radius 1 is 0.319 bits per heavy atom. The molecule has 4 atom stereocenters. The number of ether oxygens (including phenoxy) is 4. The maximum absolute atomic E-state index is 12.5. The van der Waals surface area contributed by atoms with Crippen LogP contribution in [0.25, 0.3) is 0 Å². The topological polar surface area (TPSA) is 160 Å². The molecule has 14 nitrogen and oxygen atoms in total. The number of hydrogen-bond donors (Lipinski definition) is 2. The zero-order valence-electron chi connectivity index (χ0n) is 48.4. The molecular formula is C56H120N2O12P2+2. The van der Waals surface area contributed by atoms with Crippen molar-refractivity contribution in [3.8, 4) is 0 Å². The summed E-state index contributed by atoms with van der Waals surface area (Å²) in [6.07, 6.45) is 41.5. The lowest BCUT2D eigenvalue weighted by Crippen LogP contribution is -2.38. The van der Waals surface area contributed by atoms with Gasteiger partial charge in [0, 0.05) is 26.4 Å². The van der Waals surface area contributed by atoms with Gasteiger partial charge in [-0.05, 0) is 25.7 Å². The van der Waals surface area contributed by atoms with E-state index in [9.17, 15) is 19.6 Å². The fourth-order valence-electron chi connectivity index (χ4n) is 8.22. The van der Waals surface area contributed by atoms with Crippen molar-refractivity contribution in [1.29, 1.82) is 0 Å². The van der Waals surface area contributed by atoms with Crippen molar-refractivity contribution in [3.63, 3.8) is 0 Å². The number of rotatable bonds is 59. The average Bonchev–Trinajstić information content (AvgIpc) is 3.31. The average molecular weight is 1080 g/mol. The van der Waals surface area contributed by atoms with E-state index in [2.05, 4.69) is 13.8 Å². The summed E-state index contributed by atoms with van der Waals surface area (Å²) in [5.41, 5.74) is 0. The fraction of sp³-hybridized carbons (Fsp3) is 1.00. The molecule has 0 aliphatic rings. The van der Waals surface area contributed by atoms with Crippen LogP contribution < -0.4 is 9.79 Å². The quantitative estimate of drug-likeness (QED) is 0.0338. The third-order valence-corrected chi connectivity index (χ3v) is 15.0. The third kappa shape index (κ3) is 56.5. The van der Waals surface area contributed by atoms with Crippen molar-refractivity contribution in [3.05, 3.63) is 0 Å². The Hall–Kier alpha value is 0.300. The van der Waals surface area contributed by atoms with Crippen LogP contribution in [0.15, 0.2) is 0 Å². The zero-order chi connectivity index (χ0) is 53.3. The molecule has 0 bridgehead atoms. The molecule has 0 aliphatic carbocycles. The molecule has 0 saturated carbocycles. The first-order valence-corrected chi connectivity index (χ1v) is 32.7. The molecule has 16 heteroatoms. The summed E-state index contributed by atoms with van der Waals surface area (Å²) in [5.74, 6) is 0. The lowest BCUT2D eigenvalue weighted by molar-refractivity contribution is -0.870. The summed E-state index contributed by atoms with van der Waals surface area (Å²) in [6, 6.07) is 0. The highest BCUT2D eigenvalue weighted by Gasteiger charge is 2.31. The third-order valence-electron chi connectivity index (χ3n) is 13.0. The fourth-order valence-corrected chi connectivity index (χ4v) is 9.70. The van der Waals surface area contributed by atoms with E-state index in [0.717, 1.165) is 51.4 Å². The van der Waals surface area contributed by atoms with E-state index < -0.39 is 28.5 Å². The number of hydrogen-bond acceptors (Lipinski definition) is 12. The van der Waals surface area contributed by atoms with Gasteiger partial charge in [-0.15, -0.1) is 0 Å². The molecule has 2 unspecified atom stereocenters. The first-order valence-electron chi connectivity index (χ1n) is 29.7. The largest absolute Gasteiger partial charge is 0.606 e. The van der Waals surface area contributed by atoms with Crippen LogP contribution in [0.2, 0.25) is 0 Å². The molecule has 0 heterocycles. The van der Waals surface area contributed by atoms with E-state index in [4.69, 9.17) is 37.0 Å². The standard InChI is InChI=1S/C56H118N2O12P2/c1-9-11-13-15-17-33-37-41-47-65-55(53-69-71(59,60)67-49-43-57(3,4)5)51-63-45-39-35-31-29-27-25-23-21-19-20-22-24-26-28-30-32-36-40-46-64-52-56(66-48-42-38-34-18-16-14-12-10-2)54-70-72(61,62)68-50-44-58(6,7)8/h55-56H,9-54H2,1-8H3/p+2/t55-,56-/m0/s1. The molecule has 0 spiro atoms. The molecule has 0 aromatic rings. The van der Waals surface area contributed by atoms with E-state index in [-0.39, 0.29) is 26.4 Å². The Kier molecular flexibility index (Phi) is 49.8. The highest BCUT2D eigenvalue weighted by molar-refractivity contribution is 7.53. The van der Waals surface area contributed by atoms with Gasteiger partial charge in [-0.3, -0.25) is 0 Å². The van der Waals surface area contributed by atoms with Gasteiger partial charge in [0.2, 0.25) is 0 Å². The van der Waals surface area contributed by atoms with Gasteiger partial charge in [0.25, 0.3) is 0 Å². The molecule has 434 valence electrons. The van der Waals surface area contributed by atoms with Gasteiger partial charge in [-0.2, -0.15) is 27.9 Å². The first kappa shape index (κ1) is 72.3. The van der Waals surface area contributed by atoms with Crippen LogP contribution in [0.5, 0.6) is 0 Å².